The fourth-order valence-electron chi connectivity index (χ4n) is 2.83. The van der Waals surface area contributed by atoms with Crippen molar-refractivity contribution >= 4 is 23.1 Å². The maximum atomic E-state index is 10.9. The molecule has 0 aliphatic rings. The molecule has 0 unspecified atom stereocenters. The summed E-state index contributed by atoms with van der Waals surface area (Å²) in [6.07, 6.45) is 0. The molecule has 3 aromatic rings. The molecule has 1 heterocycles. The van der Waals surface area contributed by atoms with Crippen molar-refractivity contribution in [1.82, 2.24) is 4.98 Å². The van der Waals surface area contributed by atoms with Gasteiger partial charge >= 0.3 is 0 Å². The Labute approximate surface area is 154 Å². The molecule has 2 aromatic carbocycles. The zero-order valence-corrected chi connectivity index (χ0v) is 14.5. The number of nitriles is 1. The highest BCUT2D eigenvalue weighted by molar-refractivity contribution is 6.30. The van der Waals surface area contributed by atoms with E-state index in [0.717, 1.165) is 11.1 Å². The fraction of sp³-hybridized carbons (Fsp3) is 0.0526. The average molecular weight is 365 g/mol. The molecule has 3 rings (SSSR count). The summed E-state index contributed by atoms with van der Waals surface area (Å²) in [4.78, 5) is 14.8. The van der Waals surface area contributed by atoms with Crippen LogP contribution in [0.15, 0.2) is 48.5 Å². The molecule has 0 spiro atoms. The summed E-state index contributed by atoms with van der Waals surface area (Å²) < 4.78 is 0. The van der Waals surface area contributed by atoms with E-state index in [-0.39, 0.29) is 17.1 Å². The molecule has 0 atom stereocenters. The minimum atomic E-state index is -0.472. The number of hydrogen-bond acceptors (Lipinski definition) is 5. The molecule has 0 aliphatic heterocycles. The number of halogens is 1. The van der Waals surface area contributed by atoms with Gasteiger partial charge in [-0.05, 0) is 42.3 Å². The van der Waals surface area contributed by atoms with Crippen LogP contribution in [0.4, 0.5) is 11.5 Å². The van der Waals surface area contributed by atoms with Crippen molar-refractivity contribution in [3.05, 3.63) is 74.8 Å². The first-order chi connectivity index (χ1) is 12.4. The third-order valence-electron chi connectivity index (χ3n) is 4.05. The molecule has 6 nitrogen and oxygen atoms in total. The lowest BCUT2D eigenvalue weighted by atomic mass is 9.93. The van der Waals surface area contributed by atoms with Crippen LogP contribution in [0.1, 0.15) is 11.1 Å². The highest BCUT2D eigenvalue weighted by atomic mass is 35.5. The summed E-state index contributed by atoms with van der Waals surface area (Å²) in [5.41, 5.74) is 9.61. The van der Waals surface area contributed by atoms with Crippen LogP contribution in [-0.2, 0) is 0 Å². The predicted octanol–water partition coefficient (Wildman–Crippen LogP) is 4.74. The molecule has 26 heavy (non-hydrogen) atoms. The summed E-state index contributed by atoms with van der Waals surface area (Å²) in [5, 5.41) is 21.0. The number of rotatable bonds is 3. The molecular weight excluding hydrogens is 352 g/mol. The molecule has 0 radical (unpaired) electrons. The van der Waals surface area contributed by atoms with E-state index in [1.165, 1.54) is 12.1 Å². The van der Waals surface area contributed by atoms with Crippen LogP contribution in [-0.4, -0.2) is 9.91 Å². The van der Waals surface area contributed by atoms with Gasteiger partial charge in [0.15, 0.2) is 0 Å². The highest BCUT2D eigenvalue weighted by Gasteiger charge is 2.19. The number of benzene rings is 2. The summed E-state index contributed by atoms with van der Waals surface area (Å²) >= 11 is 6.07. The second-order valence-corrected chi connectivity index (χ2v) is 6.08. The van der Waals surface area contributed by atoms with E-state index < -0.39 is 4.92 Å². The third kappa shape index (κ3) is 3.08. The Bertz CT molecular complexity index is 1060. The van der Waals surface area contributed by atoms with Gasteiger partial charge in [0.25, 0.3) is 5.69 Å². The number of nitrogens with zero attached hydrogens (tertiary/aromatic N) is 3. The Hall–Kier alpha value is -3.43. The van der Waals surface area contributed by atoms with Crippen LogP contribution in [0.5, 0.6) is 0 Å². The predicted molar refractivity (Wildman–Crippen MR) is 101 cm³/mol. The number of aromatic nitrogens is 1. The van der Waals surface area contributed by atoms with Crippen molar-refractivity contribution in [2.24, 2.45) is 0 Å². The van der Waals surface area contributed by atoms with Gasteiger partial charge < -0.3 is 5.73 Å². The van der Waals surface area contributed by atoms with Crippen LogP contribution >= 0.6 is 11.6 Å². The maximum Gasteiger partial charge on any atom is 0.269 e. The summed E-state index contributed by atoms with van der Waals surface area (Å²) in [6, 6.07) is 15.2. The van der Waals surface area contributed by atoms with E-state index in [2.05, 4.69) is 11.1 Å². The second kappa shape index (κ2) is 6.82. The van der Waals surface area contributed by atoms with Crippen molar-refractivity contribution in [1.29, 1.82) is 5.26 Å². The summed E-state index contributed by atoms with van der Waals surface area (Å²) in [6.45, 7) is 1.83. The van der Waals surface area contributed by atoms with Crippen LogP contribution in [0.25, 0.3) is 22.4 Å². The van der Waals surface area contributed by atoms with E-state index >= 15 is 0 Å². The number of non-ortho nitro benzene ring substituents is 1. The van der Waals surface area contributed by atoms with Gasteiger partial charge in [-0.1, -0.05) is 23.7 Å². The Kier molecular flexibility index (Phi) is 4.57. The van der Waals surface area contributed by atoms with Gasteiger partial charge in [0.2, 0.25) is 0 Å². The number of anilines is 1. The third-order valence-corrected chi connectivity index (χ3v) is 4.28. The van der Waals surface area contributed by atoms with E-state index in [1.54, 1.807) is 30.3 Å². The van der Waals surface area contributed by atoms with Crippen molar-refractivity contribution in [2.45, 2.75) is 6.92 Å². The molecule has 0 saturated heterocycles. The lowest BCUT2D eigenvalue weighted by molar-refractivity contribution is -0.384. The fourth-order valence-corrected chi connectivity index (χ4v) is 3.03. The van der Waals surface area contributed by atoms with Crippen molar-refractivity contribution in [3.8, 4) is 28.5 Å². The first-order valence-electron chi connectivity index (χ1n) is 7.63. The van der Waals surface area contributed by atoms with Crippen LogP contribution in [0, 0.1) is 28.4 Å². The van der Waals surface area contributed by atoms with E-state index in [0.29, 0.717) is 21.8 Å². The average Bonchev–Trinajstić information content (AvgIpc) is 2.63. The zero-order chi connectivity index (χ0) is 18.8. The molecule has 0 amide bonds. The molecule has 7 heteroatoms. The van der Waals surface area contributed by atoms with Gasteiger partial charge in [0.05, 0.1) is 10.6 Å². The number of nitro benzene ring substituents is 1. The van der Waals surface area contributed by atoms with E-state index in [9.17, 15) is 15.4 Å². The summed E-state index contributed by atoms with van der Waals surface area (Å²) in [5.74, 6) is 0.0985. The SMILES string of the molecule is Cc1c(-c2cccc(Cl)c2)nc(N)c(C#N)c1-c1ccc([N+](=O)[O-])cc1. The standard InChI is InChI=1S/C19H13ClN4O2/c1-11-17(12-5-7-15(8-6-12)24(25)26)16(10-21)19(22)23-18(11)13-3-2-4-14(20)9-13/h2-9H,1H3,(H2,22,23). The monoisotopic (exact) mass is 364 g/mol. The molecular formula is C19H13ClN4O2. The topological polar surface area (TPSA) is 106 Å². The van der Waals surface area contributed by atoms with Gasteiger partial charge in [0, 0.05) is 28.3 Å². The van der Waals surface area contributed by atoms with Gasteiger partial charge in [0.1, 0.15) is 17.5 Å². The molecule has 0 aliphatic carbocycles. The van der Waals surface area contributed by atoms with Crippen LogP contribution < -0.4 is 5.73 Å². The minimum absolute atomic E-state index is 0.0259. The lowest BCUT2D eigenvalue weighted by Gasteiger charge is -2.15. The maximum absolute atomic E-state index is 10.9. The van der Waals surface area contributed by atoms with Crippen molar-refractivity contribution < 1.29 is 4.92 Å². The van der Waals surface area contributed by atoms with Gasteiger partial charge in [-0.25, -0.2) is 4.98 Å². The molecule has 0 fully saturated rings. The number of nitro groups is 1. The largest absolute Gasteiger partial charge is 0.383 e. The van der Waals surface area contributed by atoms with E-state index in [1.807, 2.05) is 13.0 Å². The molecule has 128 valence electrons. The van der Waals surface area contributed by atoms with E-state index in [4.69, 9.17) is 17.3 Å². The first kappa shape index (κ1) is 17.4. The molecule has 0 bridgehead atoms. The Morgan fingerprint density at radius 1 is 1.19 bits per heavy atom. The molecule has 1 aromatic heterocycles. The van der Waals surface area contributed by atoms with Gasteiger partial charge in [-0.15, -0.1) is 0 Å². The van der Waals surface area contributed by atoms with Crippen molar-refractivity contribution in [2.75, 3.05) is 5.73 Å². The Balaban J connectivity index is 2.27. The zero-order valence-electron chi connectivity index (χ0n) is 13.7. The molecule has 0 saturated carbocycles. The van der Waals surface area contributed by atoms with Crippen LogP contribution in [0.2, 0.25) is 5.02 Å². The lowest BCUT2D eigenvalue weighted by Crippen LogP contribution is -2.03. The van der Waals surface area contributed by atoms with Crippen molar-refractivity contribution in [3.63, 3.8) is 0 Å². The smallest absolute Gasteiger partial charge is 0.269 e. The quantitative estimate of drug-likeness (QED) is 0.533. The number of nitrogen functional groups attached to an aromatic ring is 1. The minimum Gasteiger partial charge on any atom is -0.383 e. The van der Waals surface area contributed by atoms with Gasteiger partial charge in [-0.2, -0.15) is 5.26 Å². The number of hydrogen-bond donors (Lipinski definition) is 1. The Morgan fingerprint density at radius 3 is 2.46 bits per heavy atom. The number of nitrogens with two attached hydrogens (primary N) is 1. The normalized spacial score (nSPS) is 10.3. The Morgan fingerprint density at radius 2 is 1.88 bits per heavy atom. The summed E-state index contributed by atoms with van der Waals surface area (Å²) in [7, 11) is 0. The van der Waals surface area contributed by atoms with Crippen LogP contribution in [0.3, 0.4) is 0 Å². The highest BCUT2D eigenvalue weighted by Crippen LogP contribution is 2.36. The first-order valence-corrected chi connectivity index (χ1v) is 8.01. The number of pyridine rings is 1. The molecule has 2 N–H and O–H groups in total. The van der Waals surface area contributed by atoms with Gasteiger partial charge in [-0.3, -0.25) is 10.1 Å². The second-order valence-electron chi connectivity index (χ2n) is 5.65.